The smallest absolute Gasteiger partial charge is 0.229 e. The minimum absolute atomic E-state index is 0. The minimum Gasteiger partial charge on any atom is -0.349 e. The molecule has 0 aliphatic carbocycles. The Morgan fingerprint density at radius 1 is 0.964 bits per heavy atom. The maximum Gasteiger partial charge on any atom is 0.229 e. The summed E-state index contributed by atoms with van der Waals surface area (Å²) in [4.78, 5) is 12.0. The fourth-order valence-electron chi connectivity index (χ4n) is 3.84. The Hall–Kier alpha value is -2.59. The van der Waals surface area contributed by atoms with Crippen molar-refractivity contribution in [3.8, 4) is 0 Å². The lowest BCUT2D eigenvalue weighted by molar-refractivity contribution is 0.614. The first-order valence-electron chi connectivity index (χ1n) is 9.57. The van der Waals surface area contributed by atoms with Crippen LogP contribution in [-0.4, -0.2) is 16.5 Å². The third-order valence-electron chi connectivity index (χ3n) is 5.62. The van der Waals surface area contributed by atoms with E-state index in [1.165, 1.54) is 16.7 Å². The van der Waals surface area contributed by atoms with E-state index in [4.69, 9.17) is 4.98 Å². The lowest BCUT2D eigenvalue weighted by atomic mass is 9.93. The van der Waals surface area contributed by atoms with Gasteiger partial charge in [0.1, 0.15) is 5.82 Å². The van der Waals surface area contributed by atoms with Crippen LogP contribution in [-0.2, 0) is 6.42 Å². The van der Waals surface area contributed by atoms with E-state index in [0.717, 1.165) is 35.7 Å². The molecule has 146 valence electrons. The Morgan fingerprint density at radius 3 is 2.46 bits per heavy atom. The quantitative estimate of drug-likeness (QED) is 0.619. The van der Waals surface area contributed by atoms with Crippen LogP contribution in [0.15, 0.2) is 48.5 Å². The van der Waals surface area contributed by atoms with Crippen LogP contribution in [0.2, 0.25) is 0 Å². The van der Waals surface area contributed by atoms with E-state index in [1.807, 2.05) is 12.1 Å². The van der Waals surface area contributed by atoms with Gasteiger partial charge in [-0.3, -0.25) is 0 Å². The second kappa shape index (κ2) is 8.19. The van der Waals surface area contributed by atoms with Crippen molar-refractivity contribution in [2.24, 2.45) is 0 Å². The van der Waals surface area contributed by atoms with Gasteiger partial charge in [-0.1, -0.05) is 42.5 Å². The lowest BCUT2D eigenvalue weighted by Crippen LogP contribution is -2.35. The third-order valence-corrected chi connectivity index (χ3v) is 5.62. The molecule has 4 rings (SSSR count). The van der Waals surface area contributed by atoms with E-state index in [0.29, 0.717) is 12.0 Å². The van der Waals surface area contributed by atoms with Crippen molar-refractivity contribution in [3.05, 3.63) is 76.5 Å². The normalized spacial score (nSPS) is 15.6. The summed E-state index contributed by atoms with van der Waals surface area (Å²) in [6.07, 6.45) is 1.05. The van der Waals surface area contributed by atoms with Crippen LogP contribution in [0.1, 0.15) is 40.9 Å². The molecule has 4 nitrogen and oxygen atoms in total. The summed E-state index contributed by atoms with van der Waals surface area (Å²) in [7, 11) is 0. The molecule has 0 radical (unpaired) electrons. The molecule has 0 amide bonds. The summed E-state index contributed by atoms with van der Waals surface area (Å²) in [6, 6.07) is 17.3. The van der Waals surface area contributed by atoms with Gasteiger partial charge in [0.25, 0.3) is 0 Å². The first-order chi connectivity index (χ1) is 13.0. The van der Waals surface area contributed by atoms with Crippen molar-refractivity contribution in [1.29, 1.82) is 0 Å². The second-order valence-corrected chi connectivity index (χ2v) is 7.34. The largest absolute Gasteiger partial charge is 0.349 e. The van der Waals surface area contributed by atoms with E-state index < -0.39 is 0 Å². The molecule has 0 unspecified atom stereocenters. The van der Waals surface area contributed by atoms with Gasteiger partial charge in [0.2, 0.25) is 5.95 Å². The summed E-state index contributed by atoms with van der Waals surface area (Å²) in [6.45, 7) is 9.51. The van der Waals surface area contributed by atoms with E-state index in [-0.39, 0.29) is 12.4 Å². The predicted octanol–water partition coefficient (Wildman–Crippen LogP) is 5.69. The van der Waals surface area contributed by atoms with Gasteiger partial charge in [0.05, 0.1) is 6.04 Å². The average Bonchev–Trinajstić information content (AvgIpc) is 2.67. The van der Waals surface area contributed by atoms with Crippen molar-refractivity contribution < 1.29 is 0 Å². The van der Waals surface area contributed by atoms with Crippen molar-refractivity contribution in [2.45, 2.75) is 40.2 Å². The van der Waals surface area contributed by atoms with Gasteiger partial charge in [-0.2, -0.15) is 4.98 Å². The minimum atomic E-state index is 0. The number of halogens is 1. The molecular formula is C23H27ClN4. The molecule has 0 spiro atoms. The van der Waals surface area contributed by atoms with Crippen molar-refractivity contribution in [2.75, 3.05) is 16.8 Å². The number of benzene rings is 2. The van der Waals surface area contributed by atoms with Crippen LogP contribution >= 0.6 is 12.4 Å². The molecule has 5 heteroatoms. The zero-order chi connectivity index (χ0) is 19.0. The van der Waals surface area contributed by atoms with Gasteiger partial charge < -0.3 is 10.2 Å². The molecule has 2 heterocycles. The Bertz CT molecular complexity index is 986. The summed E-state index contributed by atoms with van der Waals surface area (Å²) in [5.74, 6) is 1.69. The van der Waals surface area contributed by atoms with E-state index in [9.17, 15) is 0 Å². The number of nitrogens with one attached hydrogen (secondary N) is 1. The first-order valence-corrected chi connectivity index (χ1v) is 9.57. The van der Waals surface area contributed by atoms with Gasteiger partial charge in [0, 0.05) is 23.5 Å². The zero-order valence-corrected chi connectivity index (χ0v) is 17.7. The van der Waals surface area contributed by atoms with Gasteiger partial charge >= 0.3 is 0 Å². The highest BCUT2D eigenvalue weighted by molar-refractivity contribution is 5.85. The van der Waals surface area contributed by atoms with Crippen LogP contribution in [0.4, 0.5) is 17.5 Å². The third kappa shape index (κ3) is 3.69. The maximum atomic E-state index is 4.92. The topological polar surface area (TPSA) is 41.1 Å². The van der Waals surface area contributed by atoms with Crippen LogP contribution < -0.4 is 10.2 Å². The van der Waals surface area contributed by atoms with E-state index in [1.54, 1.807) is 0 Å². The van der Waals surface area contributed by atoms with E-state index >= 15 is 0 Å². The monoisotopic (exact) mass is 394 g/mol. The molecule has 0 bridgehead atoms. The molecule has 0 saturated heterocycles. The van der Waals surface area contributed by atoms with Crippen LogP contribution in [0.25, 0.3) is 0 Å². The summed E-state index contributed by atoms with van der Waals surface area (Å²) < 4.78 is 0. The number of fused-ring (bicyclic) bond motifs is 1. The fraction of sp³-hybridized carbons (Fsp3) is 0.304. The number of aryl methyl sites for hydroxylation is 2. The number of hydrogen-bond donors (Lipinski definition) is 1. The standard InChI is InChI=1S/C23H26N4.ClH/c1-15-9-5-8-12-21(15)25-23-24-17(3)16(2)22(26-23)27-14-13-19-10-6-7-11-20(19)18(27)4;/h5-12,18H,13-14H2,1-4H3,(H,24,25,26);1H/t18-;/m0./s1. The summed E-state index contributed by atoms with van der Waals surface area (Å²) >= 11 is 0. The Morgan fingerprint density at radius 2 is 1.68 bits per heavy atom. The van der Waals surface area contributed by atoms with Gasteiger partial charge in [-0.05, 0) is 56.9 Å². The number of rotatable bonds is 3. The lowest BCUT2D eigenvalue weighted by Gasteiger charge is -2.37. The van der Waals surface area contributed by atoms with Crippen molar-refractivity contribution >= 4 is 29.9 Å². The molecule has 0 fully saturated rings. The highest BCUT2D eigenvalue weighted by Gasteiger charge is 2.26. The molecule has 0 saturated carbocycles. The fourth-order valence-corrected chi connectivity index (χ4v) is 3.84. The predicted molar refractivity (Wildman–Crippen MR) is 119 cm³/mol. The highest BCUT2D eigenvalue weighted by atomic mass is 35.5. The van der Waals surface area contributed by atoms with Crippen LogP contribution in [0.5, 0.6) is 0 Å². The Labute approximate surface area is 173 Å². The molecule has 1 atom stereocenters. The molecule has 1 aromatic heterocycles. The van der Waals surface area contributed by atoms with E-state index in [2.05, 4.69) is 79.3 Å². The molecule has 1 N–H and O–H groups in total. The summed E-state index contributed by atoms with van der Waals surface area (Å²) in [5, 5.41) is 3.40. The molecule has 1 aliphatic heterocycles. The zero-order valence-electron chi connectivity index (χ0n) is 16.9. The van der Waals surface area contributed by atoms with Crippen molar-refractivity contribution in [1.82, 2.24) is 9.97 Å². The van der Waals surface area contributed by atoms with Crippen molar-refractivity contribution in [3.63, 3.8) is 0 Å². The number of hydrogen-bond acceptors (Lipinski definition) is 4. The number of aromatic nitrogens is 2. The second-order valence-electron chi connectivity index (χ2n) is 7.34. The Balaban J connectivity index is 0.00000225. The van der Waals surface area contributed by atoms with Crippen LogP contribution in [0.3, 0.4) is 0 Å². The van der Waals surface area contributed by atoms with Gasteiger partial charge in [0.15, 0.2) is 0 Å². The molecule has 1 aliphatic rings. The maximum absolute atomic E-state index is 4.92. The SMILES string of the molecule is Cc1ccccc1Nc1nc(C)c(C)c(N2CCc3ccccc3[C@@H]2C)n1.Cl. The summed E-state index contributed by atoms with van der Waals surface area (Å²) in [5.41, 5.74) is 7.24. The Kier molecular flexibility index (Phi) is 5.90. The molecule has 28 heavy (non-hydrogen) atoms. The molecule has 3 aromatic rings. The average molecular weight is 395 g/mol. The highest BCUT2D eigenvalue weighted by Crippen LogP contribution is 2.35. The van der Waals surface area contributed by atoms with Gasteiger partial charge in [-0.25, -0.2) is 4.98 Å². The van der Waals surface area contributed by atoms with Gasteiger partial charge in [-0.15, -0.1) is 12.4 Å². The van der Waals surface area contributed by atoms with Crippen LogP contribution in [0, 0.1) is 20.8 Å². The first kappa shape index (κ1) is 20.2. The molecular weight excluding hydrogens is 368 g/mol. The number of anilines is 3. The number of para-hydroxylation sites is 1. The number of nitrogens with zero attached hydrogens (tertiary/aromatic N) is 3. The molecule has 2 aromatic carbocycles.